The molecule has 1 N–H and O–H groups in total. The molecule has 1 heterocycles. The zero-order chi connectivity index (χ0) is 15.8. The van der Waals surface area contributed by atoms with Crippen LogP contribution in [-0.2, 0) is 17.9 Å². The molecule has 4 nitrogen and oxygen atoms in total. The first-order valence-corrected chi connectivity index (χ1v) is 8.40. The van der Waals surface area contributed by atoms with Gasteiger partial charge in [-0.2, -0.15) is 0 Å². The van der Waals surface area contributed by atoms with Crippen molar-refractivity contribution < 1.29 is 9.47 Å². The van der Waals surface area contributed by atoms with Crippen molar-refractivity contribution >= 4 is 11.3 Å². The van der Waals surface area contributed by atoms with Gasteiger partial charge in [-0.1, -0.05) is 6.07 Å². The van der Waals surface area contributed by atoms with Gasteiger partial charge in [0.1, 0.15) is 17.4 Å². The molecular formula is C17H24N2O2S. The molecule has 0 aliphatic heterocycles. The SMILES string of the molecule is COCCCNCc1csc(COc2ccc(C)c(C)c2)n1. The number of rotatable bonds is 9. The summed E-state index contributed by atoms with van der Waals surface area (Å²) in [7, 11) is 1.72. The van der Waals surface area contributed by atoms with Crippen LogP contribution in [0.1, 0.15) is 28.2 Å². The van der Waals surface area contributed by atoms with Gasteiger partial charge in [-0.05, 0) is 50.1 Å². The normalized spacial score (nSPS) is 10.9. The minimum Gasteiger partial charge on any atom is -0.486 e. The molecule has 0 saturated carbocycles. The molecule has 1 aromatic carbocycles. The fourth-order valence-corrected chi connectivity index (χ4v) is 2.71. The van der Waals surface area contributed by atoms with Crippen molar-refractivity contribution in [2.45, 2.75) is 33.4 Å². The number of thiazole rings is 1. The third-order valence-corrected chi connectivity index (χ3v) is 4.32. The molecule has 0 aliphatic rings. The quantitative estimate of drug-likeness (QED) is 0.719. The molecule has 2 rings (SSSR count). The van der Waals surface area contributed by atoms with Crippen LogP contribution in [0.5, 0.6) is 5.75 Å². The summed E-state index contributed by atoms with van der Waals surface area (Å²) in [5.74, 6) is 0.901. The van der Waals surface area contributed by atoms with E-state index in [1.807, 2.05) is 6.07 Å². The van der Waals surface area contributed by atoms with Gasteiger partial charge in [0.15, 0.2) is 0 Å². The summed E-state index contributed by atoms with van der Waals surface area (Å²) in [6.45, 7) is 7.25. The van der Waals surface area contributed by atoms with Crippen LogP contribution in [0.15, 0.2) is 23.6 Å². The first kappa shape index (κ1) is 16.9. The molecule has 0 aliphatic carbocycles. The minimum absolute atomic E-state index is 0.525. The average molecular weight is 320 g/mol. The second-order valence-electron chi connectivity index (χ2n) is 5.29. The standard InChI is InChI=1S/C17H24N2O2S/c1-13-5-6-16(9-14(13)2)21-11-17-19-15(12-22-17)10-18-7-4-8-20-3/h5-6,9,12,18H,4,7-8,10-11H2,1-3H3. The molecule has 5 heteroatoms. The van der Waals surface area contributed by atoms with E-state index < -0.39 is 0 Å². The van der Waals surface area contributed by atoms with Crippen molar-refractivity contribution in [3.05, 3.63) is 45.4 Å². The van der Waals surface area contributed by atoms with Crippen molar-refractivity contribution in [2.75, 3.05) is 20.3 Å². The van der Waals surface area contributed by atoms with Gasteiger partial charge in [0.2, 0.25) is 0 Å². The molecule has 0 spiro atoms. The average Bonchev–Trinajstić information content (AvgIpc) is 2.96. The fourth-order valence-electron chi connectivity index (χ4n) is 2.00. The lowest BCUT2D eigenvalue weighted by atomic mass is 10.1. The largest absolute Gasteiger partial charge is 0.486 e. The lowest BCUT2D eigenvalue weighted by Gasteiger charge is -2.06. The zero-order valence-electron chi connectivity index (χ0n) is 13.5. The predicted molar refractivity (Wildman–Crippen MR) is 90.6 cm³/mol. The molecule has 0 radical (unpaired) electrons. The van der Waals surface area contributed by atoms with Crippen molar-refractivity contribution in [1.29, 1.82) is 0 Å². The molecule has 0 atom stereocenters. The Labute approximate surface area is 136 Å². The van der Waals surface area contributed by atoms with Crippen LogP contribution in [0, 0.1) is 13.8 Å². The fraction of sp³-hybridized carbons (Fsp3) is 0.471. The van der Waals surface area contributed by atoms with E-state index in [2.05, 4.69) is 41.7 Å². The molecule has 0 amide bonds. The summed E-state index contributed by atoms with van der Waals surface area (Å²) in [6, 6.07) is 6.16. The van der Waals surface area contributed by atoms with Crippen LogP contribution >= 0.6 is 11.3 Å². The van der Waals surface area contributed by atoms with Crippen molar-refractivity contribution in [2.24, 2.45) is 0 Å². The number of ether oxygens (including phenoxy) is 2. The Hall–Kier alpha value is -1.43. The molecule has 22 heavy (non-hydrogen) atoms. The van der Waals surface area contributed by atoms with Crippen LogP contribution in [0.25, 0.3) is 0 Å². The summed E-state index contributed by atoms with van der Waals surface area (Å²) < 4.78 is 10.8. The van der Waals surface area contributed by atoms with Gasteiger partial charge in [0, 0.05) is 25.6 Å². The zero-order valence-corrected chi connectivity index (χ0v) is 14.3. The summed E-state index contributed by atoms with van der Waals surface area (Å²) in [5.41, 5.74) is 3.60. The Morgan fingerprint density at radius 1 is 1.23 bits per heavy atom. The lowest BCUT2D eigenvalue weighted by Crippen LogP contribution is -2.16. The van der Waals surface area contributed by atoms with Crippen LogP contribution in [0.2, 0.25) is 0 Å². The number of benzene rings is 1. The van der Waals surface area contributed by atoms with Gasteiger partial charge in [0.05, 0.1) is 5.69 Å². The van der Waals surface area contributed by atoms with Crippen LogP contribution in [-0.4, -0.2) is 25.2 Å². The van der Waals surface area contributed by atoms with Gasteiger partial charge in [-0.25, -0.2) is 4.98 Å². The molecule has 0 unspecified atom stereocenters. The highest BCUT2D eigenvalue weighted by Crippen LogP contribution is 2.19. The third-order valence-electron chi connectivity index (χ3n) is 3.45. The van der Waals surface area contributed by atoms with E-state index in [1.54, 1.807) is 18.4 Å². The number of methoxy groups -OCH3 is 1. The highest BCUT2D eigenvalue weighted by atomic mass is 32.1. The lowest BCUT2D eigenvalue weighted by molar-refractivity contribution is 0.194. The Morgan fingerprint density at radius 3 is 2.86 bits per heavy atom. The van der Waals surface area contributed by atoms with Crippen molar-refractivity contribution in [1.82, 2.24) is 10.3 Å². The van der Waals surface area contributed by atoms with Gasteiger partial charge in [-0.3, -0.25) is 0 Å². The van der Waals surface area contributed by atoms with Gasteiger partial charge >= 0.3 is 0 Å². The topological polar surface area (TPSA) is 43.4 Å². The number of nitrogens with one attached hydrogen (secondary N) is 1. The van der Waals surface area contributed by atoms with Crippen LogP contribution in [0.4, 0.5) is 0 Å². The number of nitrogens with zero attached hydrogens (tertiary/aromatic N) is 1. The summed E-state index contributed by atoms with van der Waals surface area (Å²) in [6.07, 6.45) is 1.02. The Morgan fingerprint density at radius 2 is 2.09 bits per heavy atom. The second-order valence-corrected chi connectivity index (χ2v) is 6.23. The second kappa shape index (κ2) is 8.88. The Kier molecular flexibility index (Phi) is 6.83. The Balaban J connectivity index is 1.75. The first-order chi connectivity index (χ1) is 10.7. The molecule has 120 valence electrons. The number of aromatic nitrogens is 1. The van der Waals surface area contributed by atoms with E-state index in [1.165, 1.54) is 11.1 Å². The van der Waals surface area contributed by atoms with Crippen LogP contribution in [0.3, 0.4) is 0 Å². The number of hydrogen-bond donors (Lipinski definition) is 1. The van der Waals surface area contributed by atoms with Gasteiger partial charge in [0.25, 0.3) is 0 Å². The maximum atomic E-state index is 5.81. The highest BCUT2D eigenvalue weighted by molar-refractivity contribution is 7.09. The predicted octanol–water partition coefficient (Wildman–Crippen LogP) is 3.47. The van der Waals surface area contributed by atoms with Gasteiger partial charge in [-0.15, -0.1) is 11.3 Å². The first-order valence-electron chi connectivity index (χ1n) is 7.52. The molecule has 0 fully saturated rings. The van der Waals surface area contributed by atoms with Crippen molar-refractivity contribution in [3.8, 4) is 5.75 Å². The van der Waals surface area contributed by atoms with Crippen molar-refractivity contribution in [3.63, 3.8) is 0 Å². The summed E-state index contributed by atoms with van der Waals surface area (Å²) in [5, 5.41) is 6.45. The Bertz CT molecular complexity index is 584. The molecular weight excluding hydrogens is 296 g/mol. The minimum atomic E-state index is 0.525. The van der Waals surface area contributed by atoms with Crippen LogP contribution < -0.4 is 10.1 Å². The summed E-state index contributed by atoms with van der Waals surface area (Å²) in [4.78, 5) is 4.58. The summed E-state index contributed by atoms with van der Waals surface area (Å²) >= 11 is 1.64. The van der Waals surface area contributed by atoms with E-state index in [9.17, 15) is 0 Å². The maximum absolute atomic E-state index is 5.81. The smallest absolute Gasteiger partial charge is 0.140 e. The van der Waals surface area contributed by atoms with E-state index >= 15 is 0 Å². The van der Waals surface area contributed by atoms with E-state index in [-0.39, 0.29) is 0 Å². The third kappa shape index (κ3) is 5.40. The number of hydrogen-bond acceptors (Lipinski definition) is 5. The molecule has 0 bridgehead atoms. The highest BCUT2D eigenvalue weighted by Gasteiger charge is 2.04. The number of aryl methyl sites for hydroxylation is 2. The molecule has 0 saturated heterocycles. The monoisotopic (exact) mass is 320 g/mol. The van der Waals surface area contributed by atoms with E-state index in [0.29, 0.717) is 6.61 Å². The van der Waals surface area contributed by atoms with E-state index in [4.69, 9.17) is 9.47 Å². The maximum Gasteiger partial charge on any atom is 0.140 e. The molecule has 1 aromatic heterocycles. The van der Waals surface area contributed by atoms with Gasteiger partial charge < -0.3 is 14.8 Å². The molecule has 2 aromatic rings. The van der Waals surface area contributed by atoms with E-state index in [0.717, 1.165) is 42.6 Å².